The number of nitrogens with zero attached hydrogens (tertiary/aromatic N) is 2. The number of hydrogen-bond donors (Lipinski definition) is 2. The molecule has 4 rings (SSSR count). The first-order valence-electron chi connectivity index (χ1n) is 10.5. The van der Waals surface area contributed by atoms with E-state index in [0.29, 0.717) is 40.2 Å². The number of carbonyl (C=O) groups excluding carboxylic acids is 1. The number of hydrogen-bond acceptors (Lipinski definition) is 5. The van der Waals surface area contributed by atoms with E-state index in [0.717, 1.165) is 17.0 Å². The molecule has 0 aliphatic carbocycles. The van der Waals surface area contributed by atoms with Crippen LogP contribution in [0.25, 0.3) is 11.4 Å². The molecular formula is C26H23ClN4O2. The Balaban J connectivity index is 1.70. The summed E-state index contributed by atoms with van der Waals surface area (Å²) in [5.41, 5.74) is 3.18. The normalized spacial score (nSPS) is 10.5. The molecule has 0 atom stereocenters. The van der Waals surface area contributed by atoms with Gasteiger partial charge in [-0.05, 0) is 62.4 Å². The second-order valence-electron chi connectivity index (χ2n) is 7.27. The van der Waals surface area contributed by atoms with Crippen LogP contribution in [0.15, 0.2) is 78.9 Å². The fourth-order valence-electron chi connectivity index (χ4n) is 3.32. The summed E-state index contributed by atoms with van der Waals surface area (Å²) in [7, 11) is 0. The lowest BCUT2D eigenvalue weighted by atomic mass is 10.1. The van der Waals surface area contributed by atoms with Gasteiger partial charge >= 0.3 is 0 Å². The van der Waals surface area contributed by atoms with Crippen LogP contribution < -0.4 is 15.4 Å². The number of anilines is 3. The molecule has 6 nitrogen and oxygen atoms in total. The van der Waals surface area contributed by atoms with E-state index in [4.69, 9.17) is 16.3 Å². The van der Waals surface area contributed by atoms with Crippen LogP contribution in [-0.4, -0.2) is 22.5 Å². The highest BCUT2D eigenvalue weighted by atomic mass is 35.5. The van der Waals surface area contributed by atoms with Gasteiger partial charge in [-0.15, -0.1) is 0 Å². The van der Waals surface area contributed by atoms with Gasteiger partial charge in [-0.3, -0.25) is 4.79 Å². The topological polar surface area (TPSA) is 76.1 Å². The lowest BCUT2D eigenvalue weighted by Crippen LogP contribution is -2.18. The quantitative estimate of drug-likeness (QED) is 0.330. The lowest BCUT2D eigenvalue weighted by Gasteiger charge is -2.15. The van der Waals surface area contributed by atoms with Gasteiger partial charge in [0.2, 0.25) is 0 Å². The number of aromatic nitrogens is 2. The first kappa shape index (κ1) is 22.3. The molecule has 0 radical (unpaired) electrons. The minimum absolute atomic E-state index is 0.312. The summed E-state index contributed by atoms with van der Waals surface area (Å²) in [6, 6.07) is 24.1. The van der Waals surface area contributed by atoms with Crippen LogP contribution in [0.4, 0.5) is 17.2 Å². The molecule has 2 N–H and O–H groups in total. The van der Waals surface area contributed by atoms with Crippen LogP contribution in [0.2, 0.25) is 5.02 Å². The maximum absolute atomic E-state index is 13.3. The predicted octanol–water partition coefficient (Wildman–Crippen LogP) is 6.50. The Kier molecular flexibility index (Phi) is 6.86. The molecule has 0 aliphatic rings. The third kappa shape index (κ3) is 5.48. The van der Waals surface area contributed by atoms with Crippen molar-refractivity contribution in [2.24, 2.45) is 0 Å². The molecule has 4 aromatic rings. The molecule has 0 saturated heterocycles. The molecule has 0 spiro atoms. The third-order valence-corrected chi connectivity index (χ3v) is 5.13. The van der Waals surface area contributed by atoms with Crippen LogP contribution in [0.1, 0.15) is 23.0 Å². The fraction of sp³-hybridized carbons (Fsp3) is 0.115. The summed E-state index contributed by atoms with van der Waals surface area (Å²) in [6.07, 6.45) is 0. The maximum atomic E-state index is 13.3. The zero-order valence-corrected chi connectivity index (χ0v) is 19.1. The van der Waals surface area contributed by atoms with Crippen LogP contribution in [0.5, 0.6) is 5.75 Å². The summed E-state index contributed by atoms with van der Waals surface area (Å²) in [6.45, 7) is 4.30. The van der Waals surface area contributed by atoms with Gasteiger partial charge in [-0.1, -0.05) is 41.9 Å². The van der Waals surface area contributed by atoms with Crippen molar-refractivity contribution < 1.29 is 9.53 Å². The van der Waals surface area contributed by atoms with Gasteiger partial charge in [-0.25, -0.2) is 9.97 Å². The molecule has 1 amide bonds. The van der Waals surface area contributed by atoms with Crippen molar-refractivity contribution in [2.45, 2.75) is 13.8 Å². The number of amides is 1. The SMILES string of the molecule is CCOc1ccc(NC(=O)c2c(C)nc(-c3ccccc3)nc2Nc2ccc(Cl)cc2)cc1. The lowest BCUT2D eigenvalue weighted by molar-refractivity contribution is 0.102. The van der Waals surface area contributed by atoms with Crippen molar-refractivity contribution in [1.29, 1.82) is 0 Å². The average molecular weight is 459 g/mol. The average Bonchev–Trinajstić information content (AvgIpc) is 2.82. The Morgan fingerprint density at radius 2 is 1.58 bits per heavy atom. The van der Waals surface area contributed by atoms with Gasteiger partial charge in [0.1, 0.15) is 17.1 Å². The molecule has 1 aromatic heterocycles. The second kappa shape index (κ2) is 10.1. The highest BCUT2D eigenvalue weighted by molar-refractivity contribution is 6.30. The van der Waals surface area contributed by atoms with Gasteiger partial charge in [0.15, 0.2) is 5.82 Å². The molecule has 33 heavy (non-hydrogen) atoms. The van der Waals surface area contributed by atoms with E-state index in [2.05, 4.69) is 20.6 Å². The molecule has 7 heteroatoms. The Labute approximate surface area is 197 Å². The monoisotopic (exact) mass is 458 g/mol. The number of rotatable bonds is 7. The van der Waals surface area contributed by atoms with Crippen LogP contribution >= 0.6 is 11.6 Å². The third-order valence-electron chi connectivity index (χ3n) is 4.88. The highest BCUT2D eigenvalue weighted by Crippen LogP contribution is 2.27. The number of nitrogens with one attached hydrogen (secondary N) is 2. The highest BCUT2D eigenvalue weighted by Gasteiger charge is 2.20. The van der Waals surface area contributed by atoms with Crippen molar-refractivity contribution in [2.75, 3.05) is 17.2 Å². The molecular weight excluding hydrogens is 436 g/mol. The van der Waals surface area contributed by atoms with Gasteiger partial charge in [0, 0.05) is 22.0 Å². The Morgan fingerprint density at radius 3 is 2.24 bits per heavy atom. The molecule has 3 aromatic carbocycles. The summed E-state index contributed by atoms with van der Waals surface area (Å²) in [5, 5.41) is 6.80. The smallest absolute Gasteiger partial charge is 0.261 e. The minimum atomic E-state index is -0.312. The van der Waals surface area contributed by atoms with Crippen LogP contribution in [-0.2, 0) is 0 Å². The first-order chi connectivity index (χ1) is 16.0. The number of benzene rings is 3. The van der Waals surface area contributed by atoms with Crippen molar-refractivity contribution in [1.82, 2.24) is 9.97 Å². The van der Waals surface area contributed by atoms with Crippen LogP contribution in [0, 0.1) is 6.92 Å². The summed E-state index contributed by atoms with van der Waals surface area (Å²) >= 11 is 6.02. The van der Waals surface area contributed by atoms with Gasteiger partial charge in [0.25, 0.3) is 5.91 Å². The fourth-order valence-corrected chi connectivity index (χ4v) is 3.44. The second-order valence-corrected chi connectivity index (χ2v) is 7.70. The standard InChI is InChI=1S/C26H23ClN4O2/c1-3-33-22-15-13-21(14-16-22)30-26(32)23-17(2)28-24(18-7-5-4-6-8-18)31-25(23)29-20-11-9-19(27)10-12-20/h4-16H,3H2,1-2H3,(H,30,32)(H,28,29,31). The Morgan fingerprint density at radius 1 is 0.909 bits per heavy atom. The van der Waals surface area contributed by atoms with E-state index >= 15 is 0 Å². The van der Waals surface area contributed by atoms with E-state index in [1.807, 2.05) is 61.5 Å². The van der Waals surface area contributed by atoms with E-state index in [1.165, 1.54) is 0 Å². The van der Waals surface area contributed by atoms with E-state index in [1.54, 1.807) is 31.2 Å². The first-order valence-corrected chi connectivity index (χ1v) is 10.9. The maximum Gasteiger partial charge on any atom is 0.261 e. The predicted molar refractivity (Wildman–Crippen MR) is 133 cm³/mol. The number of aryl methyl sites for hydroxylation is 1. The summed E-state index contributed by atoms with van der Waals surface area (Å²) in [4.78, 5) is 22.6. The summed E-state index contributed by atoms with van der Waals surface area (Å²) < 4.78 is 5.47. The number of ether oxygens (including phenoxy) is 1. The molecule has 0 aliphatic heterocycles. The molecule has 0 unspecified atom stereocenters. The van der Waals surface area contributed by atoms with E-state index < -0.39 is 0 Å². The number of halogens is 1. The molecule has 0 bridgehead atoms. The minimum Gasteiger partial charge on any atom is -0.494 e. The van der Waals surface area contributed by atoms with Crippen LogP contribution in [0.3, 0.4) is 0 Å². The Hall–Kier alpha value is -3.90. The number of carbonyl (C=O) groups is 1. The van der Waals surface area contributed by atoms with Crippen molar-refractivity contribution in [3.8, 4) is 17.1 Å². The van der Waals surface area contributed by atoms with Gasteiger partial charge in [0.05, 0.1) is 12.3 Å². The largest absolute Gasteiger partial charge is 0.494 e. The molecule has 0 fully saturated rings. The molecule has 166 valence electrons. The zero-order valence-electron chi connectivity index (χ0n) is 18.3. The van der Waals surface area contributed by atoms with Crippen molar-refractivity contribution in [3.63, 3.8) is 0 Å². The van der Waals surface area contributed by atoms with E-state index in [9.17, 15) is 4.79 Å². The van der Waals surface area contributed by atoms with Crippen molar-refractivity contribution in [3.05, 3.63) is 95.1 Å². The van der Waals surface area contributed by atoms with Crippen molar-refractivity contribution >= 4 is 34.7 Å². The molecule has 1 heterocycles. The van der Waals surface area contributed by atoms with Gasteiger partial charge in [-0.2, -0.15) is 0 Å². The summed E-state index contributed by atoms with van der Waals surface area (Å²) in [5.74, 6) is 1.37. The Bertz CT molecular complexity index is 1240. The molecule has 0 saturated carbocycles. The zero-order chi connectivity index (χ0) is 23.2. The van der Waals surface area contributed by atoms with Gasteiger partial charge < -0.3 is 15.4 Å². The van der Waals surface area contributed by atoms with E-state index in [-0.39, 0.29) is 5.91 Å².